The van der Waals surface area contributed by atoms with Crippen LogP contribution in [-0.2, 0) is 17.6 Å². The predicted octanol–water partition coefficient (Wildman–Crippen LogP) is 4.43. The lowest BCUT2D eigenvalue weighted by molar-refractivity contribution is -0.129. The second-order valence-corrected chi connectivity index (χ2v) is 7.52. The number of nitrogens with zero attached hydrogens (tertiary/aromatic N) is 1. The molecule has 0 saturated carbocycles. The normalized spacial score (nSPS) is 11.3. The number of hydrogen-bond donors (Lipinski definition) is 1. The van der Waals surface area contributed by atoms with Crippen LogP contribution in [0.2, 0.25) is 5.02 Å². The minimum Gasteiger partial charge on any atom is -0.355 e. The number of aromatic nitrogens is 1. The Morgan fingerprint density at radius 2 is 2.09 bits per heavy atom. The van der Waals surface area contributed by atoms with Crippen LogP contribution in [0.25, 0.3) is 0 Å². The van der Waals surface area contributed by atoms with E-state index in [9.17, 15) is 4.79 Å². The first-order valence-electron chi connectivity index (χ1n) is 7.50. The molecule has 0 saturated heterocycles. The molecular weight excluding hydrogens is 376 g/mol. The summed E-state index contributed by atoms with van der Waals surface area (Å²) < 4.78 is 1.05. The lowest BCUT2D eigenvalue weighted by atomic mass is 9.86. The van der Waals surface area contributed by atoms with Crippen molar-refractivity contribution in [2.45, 2.75) is 26.7 Å². The fraction of sp³-hybridized carbons (Fsp3) is 0.333. The Labute approximate surface area is 150 Å². The molecule has 0 spiro atoms. The maximum atomic E-state index is 12.4. The number of amides is 1. The van der Waals surface area contributed by atoms with Crippen molar-refractivity contribution in [3.05, 3.63) is 63.3 Å². The molecule has 1 aromatic heterocycles. The number of hydrogen-bond acceptors (Lipinski definition) is 2. The zero-order valence-corrected chi connectivity index (χ0v) is 15.6. The highest BCUT2D eigenvalue weighted by Crippen LogP contribution is 2.22. The highest BCUT2D eigenvalue weighted by atomic mass is 79.9. The van der Waals surface area contributed by atoms with Gasteiger partial charge in [0.1, 0.15) is 0 Å². The summed E-state index contributed by atoms with van der Waals surface area (Å²) in [6, 6.07) is 11.8. The smallest absolute Gasteiger partial charge is 0.226 e. The van der Waals surface area contributed by atoms with Gasteiger partial charge in [-0.15, -0.1) is 0 Å². The second kappa shape index (κ2) is 7.93. The molecule has 1 heterocycles. The van der Waals surface area contributed by atoms with E-state index in [4.69, 9.17) is 11.6 Å². The van der Waals surface area contributed by atoms with Crippen LogP contribution in [0.5, 0.6) is 0 Å². The van der Waals surface area contributed by atoms with E-state index in [2.05, 4.69) is 38.4 Å². The number of carbonyl (C=O) groups is 1. The van der Waals surface area contributed by atoms with E-state index in [-0.39, 0.29) is 5.91 Å². The zero-order chi connectivity index (χ0) is 16.9. The van der Waals surface area contributed by atoms with Crippen LogP contribution in [0.1, 0.15) is 25.1 Å². The minimum atomic E-state index is -0.516. The molecule has 1 amide bonds. The van der Waals surface area contributed by atoms with Gasteiger partial charge in [0.2, 0.25) is 5.91 Å². The number of carbonyl (C=O) groups excluding carboxylic acids is 1. The molecule has 3 nitrogen and oxygen atoms in total. The lowest BCUT2D eigenvalue weighted by Crippen LogP contribution is -2.39. The summed E-state index contributed by atoms with van der Waals surface area (Å²) in [5.74, 6) is 0.0317. The maximum absolute atomic E-state index is 12.4. The molecule has 0 atom stereocenters. The first kappa shape index (κ1) is 18.0. The van der Waals surface area contributed by atoms with E-state index in [1.165, 1.54) is 5.56 Å². The average molecular weight is 396 g/mol. The van der Waals surface area contributed by atoms with Gasteiger partial charge < -0.3 is 5.32 Å². The van der Waals surface area contributed by atoms with Crippen LogP contribution < -0.4 is 5.32 Å². The van der Waals surface area contributed by atoms with E-state index in [0.717, 1.165) is 16.6 Å². The van der Waals surface area contributed by atoms with Crippen molar-refractivity contribution in [3.8, 4) is 0 Å². The van der Waals surface area contributed by atoms with Gasteiger partial charge in [-0.05, 0) is 36.2 Å². The van der Waals surface area contributed by atoms with Gasteiger partial charge in [-0.3, -0.25) is 9.78 Å². The Bertz CT molecular complexity index is 671. The Kier molecular flexibility index (Phi) is 6.19. The molecule has 5 heteroatoms. The molecule has 23 heavy (non-hydrogen) atoms. The van der Waals surface area contributed by atoms with Gasteiger partial charge in [-0.2, -0.15) is 0 Å². The summed E-state index contributed by atoms with van der Waals surface area (Å²) >= 11 is 9.29. The predicted molar refractivity (Wildman–Crippen MR) is 97.6 cm³/mol. The molecule has 2 aromatic rings. The summed E-state index contributed by atoms with van der Waals surface area (Å²) in [5, 5.41) is 3.62. The number of pyridine rings is 1. The van der Waals surface area contributed by atoms with Gasteiger partial charge in [0.15, 0.2) is 0 Å². The summed E-state index contributed by atoms with van der Waals surface area (Å²) in [4.78, 5) is 16.7. The molecule has 0 aliphatic heterocycles. The Morgan fingerprint density at radius 3 is 2.74 bits per heavy atom. The topological polar surface area (TPSA) is 42.0 Å². The zero-order valence-electron chi connectivity index (χ0n) is 13.3. The second-order valence-electron chi connectivity index (χ2n) is 6.16. The molecule has 1 N–H and O–H groups in total. The van der Waals surface area contributed by atoms with Gasteiger partial charge in [-0.1, -0.05) is 53.5 Å². The monoisotopic (exact) mass is 394 g/mol. The van der Waals surface area contributed by atoms with Crippen molar-refractivity contribution in [3.63, 3.8) is 0 Å². The molecule has 0 radical (unpaired) electrons. The average Bonchev–Trinajstić information content (AvgIpc) is 2.49. The van der Waals surface area contributed by atoms with Gasteiger partial charge in [0, 0.05) is 34.7 Å². The van der Waals surface area contributed by atoms with Crippen LogP contribution in [0.3, 0.4) is 0 Å². The van der Waals surface area contributed by atoms with Crippen molar-refractivity contribution in [2.75, 3.05) is 6.54 Å². The number of benzene rings is 1. The van der Waals surface area contributed by atoms with E-state index in [0.29, 0.717) is 18.0 Å². The maximum Gasteiger partial charge on any atom is 0.226 e. The molecule has 1 aromatic carbocycles. The molecule has 2 rings (SSSR count). The fourth-order valence-electron chi connectivity index (χ4n) is 2.30. The first-order valence-corrected chi connectivity index (χ1v) is 8.67. The third kappa shape index (κ3) is 5.63. The number of nitrogens with one attached hydrogen (secondary N) is 1. The summed E-state index contributed by atoms with van der Waals surface area (Å²) in [7, 11) is 0. The van der Waals surface area contributed by atoms with Gasteiger partial charge >= 0.3 is 0 Å². The molecule has 0 unspecified atom stereocenters. The standard InChI is InChI=1S/C18H20BrClN2O/c1-18(2,11-16-7-6-15(20)12-22-16)17(23)21-9-8-13-4-3-5-14(19)10-13/h3-7,10,12H,8-9,11H2,1-2H3,(H,21,23). The number of halogens is 2. The first-order chi connectivity index (χ1) is 10.9. The Balaban J connectivity index is 1.87. The van der Waals surface area contributed by atoms with Gasteiger partial charge in [0.25, 0.3) is 0 Å². The molecular formula is C18H20BrClN2O. The van der Waals surface area contributed by atoms with Crippen LogP contribution in [0, 0.1) is 5.41 Å². The Morgan fingerprint density at radius 1 is 1.30 bits per heavy atom. The van der Waals surface area contributed by atoms with Crippen LogP contribution in [0.15, 0.2) is 47.1 Å². The van der Waals surface area contributed by atoms with Crippen molar-refractivity contribution in [1.82, 2.24) is 10.3 Å². The molecule has 122 valence electrons. The van der Waals surface area contributed by atoms with E-state index in [1.54, 1.807) is 12.3 Å². The Hall–Kier alpha value is -1.39. The SMILES string of the molecule is CC(C)(Cc1ccc(Cl)cn1)C(=O)NCCc1cccc(Br)c1. The summed E-state index contributed by atoms with van der Waals surface area (Å²) in [6.07, 6.45) is 2.99. The van der Waals surface area contributed by atoms with Gasteiger partial charge in [-0.25, -0.2) is 0 Å². The highest BCUT2D eigenvalue weighted by Gasteiger charge is 2.28. The lowest BCUT2D eigenvalue weighted by Gasteiger charge is -2.23. The fourth-order valence-corrected chi connectivity index (χ4v) is 2.85. The highest BCUT2D eigenvalue weighted by molar-refractivity contribution is 9.10. The molecule has 0 fully saturated rings. The van der Waals surface area contributed by atoms with Crippen LogP contribution in [-0.4, -0.2) is 17.4 Å². The molecule has 0 aliphatic carbocycles. The summed E-state index contributed by atoms with van der Waals surface area (Å²) in [6.45, 7) is 4.47. The molecule has 0 bridgehead atoms. The van der Waals surface area contributed by atoms with Crippen LogP contribution in [0.4, 0.5) is 0 Å². The third-order valence-electron chi connectivity index (χ3n) is 3.61. The van der Waals surface area contributed by atoms with E-state index in [1.807, 2.05) is 32.0 Å². The van der Waals surface area contributed by atoms with Crippen LogP contribution >= 0.6 is 27.5 Å². The molecule has 0 aliphatic rings. The van der Waals surface area contributed by atoms with E-state index >= 15 is 0 Å². The summed E-state index contributed by atoms with van der Waals surface area (Å²) in [5.41, 5.74) is 1.54. The third-order valence-corrected chi connectivity index (χ3v) is 4.33. The largest absolute Gasteiger partial charge is 0.355 e. The van der Waals surface area contributed by atoms with Gasteiger partial charge in [0.05, 0.1) is 5.02 Å². The number of rotatable bonds is 6. The quantitative estimate of drug-likeness (QED) is 0.786. The van der Waals surface area contributed by atoms with E-state index < -0.39 is 5.41 Å². The van der Waals surface area contributed by atoms with Crippen molar-refractivity contribution < 1.29 is 4.79 Å². The minimum absolute atomic E-state index is 0.0317. The van der Waals surface area contributed by atoms with Crippen molar-refractivity contribution in [2.24, 2.45) is 5.41 Å². The van der Waals surface area contributed by atoms with Crippen molar-refractivity contribution >= 4 is 33.4 Å². The van der Waals surface area contributed by atoms with Crippen molar-refractivity contribution in [1.29, 1.82) is 0 Å².